The predicted molar refractivity (Wildman–Crippen MR) is 125 cm³/mol. The molecule has 2 aromatic rings. The van der Waals surface area contributed by atoms with Gasteiger partial charge in [0.15, 0.2) is 0 Å². The predicted octanol–water partition coefficient (Wildman–Crippen LogP) is 2.78. The Morgan fingerprint density at radius 2 is 1.34 bits per heavy atom. The van der Waals surface area contributed by atoms with Crippen molar-refractivity contribution in [2.24, 2.45) is 0 Å². The average Bonchev–Trinajstić information content (AvgIpc) is 3.41. The van der Waals surface area contributed by atoms with Gasteiger partial charge in [-0.15, -0.1) is 16.4 Å². The highest BCUT2D eigenvalue weighted by molar-refractivity contribution is 7.08. The van der Waals surface area contributed by atoms with E-state index < -0.39 is 17.8 Å². The topological polar surface area (TPSA) is 110 Å². The van der Waals surface area contributed by atoms with Gasteiger partial charge in [-0.05, 0) is 36.6 Å². The molecule has 35 heavy (non-hydrogen) atoms. The van der Waals surface area contributed by atoms with Crippen LogP contribution in [0.5, 0.6) is 11.5 Å². The van der Waals surface area contributed by atoms with Crippen molar-refractivity contribution >= 4 is 29.1 Å². The minimum absolute atomic E-state index is 0.0493. The van der Waals surface area contributed by atoms with Crippen LogP contribution in [0.1, 0.15) is 28.8 Å². The van der Waals surface area contributed by atoms with Crippen LogP contribution in [0.2, 0.25) is 0 Å². The number of imide groups is 1. The summed E-state index contributed by atoms with van der Waals surface area (Å²) < 4.78 is 27.5. The van der Waals surface area contributed by atoms with Crippen LogP contribution in [0.4, 0.5) is 0 Å². The van der Waals surface area contributed by atoms with Gasteiger partial charge < -0.3 is 28.5 Å². The summed E-state index contributed by atoms with van der Waals surface area (Å²) in [7, 11) is 0. The highest BCUT2D eigenvalue weighted by atomic mass is 32.1. The molecular formula is C24H29NO9S. The highest BCUT2D eigenvalue weighted by Crippen LogP contribution is 2.21. The normalized spacial score (nSPS) is 13.3. The third kappa shape index (κ3) is 8.95. The smallest absolute Gasteiger partial charge is 0.363 e. The zero-order valence-electron chi connectivity index (χ0n) is 19.6. The van der Waals surface area contributed by atoms with Crippen LogP contribution < -0.4 is 9.47 Å². The summed E-state index contributed by atoms with van der Waals surface area (Å²) in [5.41, 5.74) is 1.34. The first-order chi connectivity index (χ1) is 17.0. The maximum atomic E-state index is 12.1. The molecule has 1 saturated heterocycles. The molecule has 0 saturated carbocycles. The minimum atomic E-state index is -0.782. The number of nitrogens with zero attached hydrogens (tertiary/aromatic N) is 1. The fourth-order valence-corrected chi connectivity index (χ4v) is 3.71. The Labute approximate surface area is 207 Å². The first kappa shape index (κ1) is 26.6. The van der Waals surface area contributed by atoms with E-state index in [1.807, 2.05) is 17.7 Å². The van der Waals surface area contributed by atoms with Gasteiger partial charge in [-0.3, -0.25) is 9.59 Å². The number of hydrogen-bond acceptors (Lipinski definition) is 10. The molecule has 0 bridgehead atoms. The Hall–Kier alpha value is -2.99. The summed E-state index contributed by atoms with van der Waals surface area (Å²) in [5.74, 6) is -0.371. The summed E-state index contributed by atoms with van der Waals surface area (Å²) in [4.78, 5) is 40.0. The number of thiophene rings is 1. The third-order valence-electron chi connectivity index (χ3n) is 4.80. The molecule has 0 radical (unpaired) electrons. The quantitative estimate of drug-likeness (QED) is 0.250. The molecule has 1 fully saturated rings. The number of carbonyl (C=O) groups excluding carboxylic acids is 3. The lowest BCUT2D eigenvalue weighted by Crippen LogP contribution is -2.32. The molecule has 1 aliphatic rings. The Morgan fingerprint density at radius 3 is 1.89 bits per heavy atom. The largest absolute Gasteiger partial charge is 0.491 e. The molecule has 10 nitrogen and oxygen atoms in total. The zero-order chi connectivity index (χ0) is 24.9. The van der Waals surface area contributed by atoms with Crippen molar-refractivity contribution in [2.75, 3.05) is 52.9 Å². The zero-order valence-corrected chi connectivity index (χ0v) is 20.4. The van der Waals surface area contributed by atoms with E-state index in [0.29, 0.717) is 63.7 Å². The molecule has 0 atom stereocenters. The summed E-state index contributed by atoms with van der Waals surface area (Å²) in [6, 6.07) is 6.18. The van der Waals surface area contributed by atoms with Gasteiger partial charge in [0.1, 0.15) is 24.7 Å². The van der Waals surface area contributed by atoms with Crippen molar-refractivity contribution in [3.8, 4) is 11.5 Å². The second-order valence-electron chi connectivity index (χ2n) is 7.44. The van der Waals surface area contributed by atoms with Crippen molar-refractivity contribution in [3.05, 3.63) is 46.2 Å². The van der Waals surface area contributed by atoms with E-state index in [4.69, 9.17) is 28.5 Å². The summed E-state index contributed by atoms with van der Waals surface area (Å²) >= 11 is 1.62. The Morgan fingerprint density at radius 1 is 0.800 bits per heavy atom. The molecule has 11 heteroatoms. The molecule has 190 valence electrons. The number of ether oxygens (including phenoxy) is 5. The van der Waals surface area contributed by atoms with Gasteiger partial charge in [0.05, 0.1) is 45.2 Å². The molecule has 2 heterocycles. The van der Waals surface area contributed by atoms with Crippen LogP contribution in [-0.4, -0.2) is 75.7 Å². The number of hydrogen-bond donors (Lipinski definition) is 0. The number of amides is 2. The van der Waals surface area contributed by atoms with Crippen molar-refractivity contribution in [2.45, 2.75) is 19.8 Å². The van der Waals surface area contributed by atoms with Crippen molar-refractivity contribution in [3.63, 3.8) is 0 Å². The number of hydroxylamine groups is 2. The van der Waals surface area contributed by atoms with Crippen molar-refractivity contribution < 1.29 is 42.9 Å². The van der Waals surface area contributed by atoms with Crippen LogP contribution in [0.3, 0.4) is 0 Å². The van der Waals surface area contributed by atoms with Gasteiger partial charge in [0, 0.05) is 23.8 Å². The monoisotopic (exact) mass is 507 g/mol. The lowest BCUT2D eigenvalue weighted by Gasteiger charge is -2.12. The fraction of sp³-hybridized carbons (Fsp3) is 0.458. The van der Waals surface area contributed by atoms with E-state index in [1.165, 1.54) is 12.1 Å². The van der Waals surface area contributed by atoms with Crippen molar-refractivity contribution in [1.29, 1.82) is 0 Å². The minimum Gasteiger partial charge on any atom is -0.491 e. The molecule has 2 amide bonds. The van der Waals surface area contributed by atoms with E-state index in [9.17, 15) is 14.4 Å². The van der Waals surface area contributed by atoms with Gasteiger partial charge in [0.2, 0.25) is 0 Å². The van der Waals surface area contributed by atoms with E-state index in [0.717, 1.165) is 11.3 Å². The molecule has 0 N–H and O–H groups in total. The van der Waals surface area contributed by atoms with E-state index in [1.54, 1.807) is 23.5 Å². The summed E-state index contributed by atoms with van der Waals surface area (Å²) in [6.45, 7) is 5.58. The lowest BCUT2D eigenvalue weighted by molar-refractivity contribution is -0.172. The Balaban J connectivity index is 1.15. The Kier molecular flexibility index (Phi) is 11.0. The molecule has 1 aliphatic heterocycles. The fourth-order valence-electron chi connectivity index (χ4n) is 2.95. The van der Waals surface area contributed by atoms with E-state index in [-0.39, 0.29) is 18.4 Å². The number of aryl methyl sites for hydroxylation is 1. The first-order valence-electron chi connectivity index (χ1n) is 11.2. The van der Waals surface area contributed by atoms with E-state index >= 15 is 0 Å². The second-order valence-corrected chi connectivity index (χ2v) is 8.18. The number of rotatable bonds is 16. The SMILES string of the molecule is Cc1cscc1OCCOCCOCCOCCOc1ccc(C(=O)ON2C(=O)CCC2=O)cc1. The third-order valence-corrected chi connectivity index (χ3v) is 5.64. The maximum Gasteiger partial charge on any atom is 0.363 e. The number of benzene rings is 1. The summed E-state index contributed by atoms with van der Waals surface area (Å²) in [5, 5.41) is 4.54. The van der Waals surface area contributed by atoms with Gasteiger partial charge >= 0.3 is 5.97 Å². The van der Waals surface area contributed by atoms with Gasteiger partial charge in [-0.25, -0.2) is 4.79 Å². The lowest BCUT2D eigenvalue weighted by atomic mass is 10.2. The Bertz CT molecular complexity index is 944. The number of carbonyl (C=O) groups is 3. The standard InChI is InChI=1S/C24H29NO9S/c1-18-16-35-17-21(18)33-15-13-31-11-9-29-8-10-30-12-14-32-20-4-2-19(3-5-20)24(28)34-25-22(26)6-7-23(25)27/h2-5,16-17H,6-15H2,1H3. The van der Waals surface area contributed by atoms with Crippen LogP contribution >= 0.6 is 11.3 Å². The highest BCUT2D eigenvalue weighted by Gasteiger charge is 2.33. The van der Waals surface area contributed by atoms with Gasteiger partial charge in [0.25, 0.3) is 11.8 Å². The molecule has 0 unspecified atom stereocenters. The van der Waals surface area contributed by atoms with Crippen LogP contribution in [0.15, 0.2) is 35.0 Å². The molecule has 3 rings (SSSR count). The van der Waals surface area contributed by atoms with Crippen LogP contribution in [-0.2, 0) is 28.6 Å². The van der Waals surface area contributed by atoms with Crippen molar-refractivity contribution in [1.82, 2.24) is 5.06 Å². The molecule has 0 aliphatic carbocycles. The maximum absolute atomic E-state index is 12.1. The van der Waals surface area contributed by atoms with Crippen LogP contribution in [0, 0.1) is 6.92 Å². The van der Waals surface area contributed by atoms with Gasteiger partial charge in [-0.1, -0.05) is 0 Å². The molecule has 1 aromatic heterocycles. The van der Waals surface area contributed by atoms with E-state index in [2.05, 4.69) is 0 Å². The van der Waals surface area contributed by atoms with Gasteiger partial charge in [-0.2, -0.15) is 0 Å². The average molecular weight is 508 g/mol. The summed E-state index contributed by atoms with van der Waals surface area (Å²) in [6.07, 6.45) is 0.0986. The molecule has 0 spiro atoms. The second kappa shape index (κ2) is 14.4. The molecule has 1 aromatic carbocycles. The first-order valence-corrected chi connectivity index (χ1v) is 12.2. The molecular weight excluding hydrogens is 478 g/mol. The van der Waals surface area contributed by atoms with Crippen LogP contribution in [0.25, 0.3) is 0 Å².